The molecule has 0 saturated carbocycles. The van der Waals surface area contributed by atoms with E-state index in [9.17, 15) is 39.5 Å². The highest BCUT2D eigenvalue weighted by Crippen LogP contribution is 2.48. The quantitative estimate of drug-likeness (QED) is 0.631. The zero-order valence-electron chi connectivity index (χ0n) is 9.29. The van der Waals surface area contributed by atoms with E-state index >= 15 is 0 Å². The third kappa shape index (κ3) is 3.67. The van der Waals surface area contributed by atoms with E-state index in [1.54, 1.807) is 0 Å². The molecule has 0 amide bonds. The second-order valence-electron chi connectivity index (χ2n) is 3.61. The minimum absolute atomic E-state index is 0.528. The van der Waals surface area contributed by atoms with Crippen LogP contribution in [0.15, 0.2) is 35.9 Å². The highest BCUT2D eigenvalue weighted by Gasteiger charge is 2.57. The SMILES string of the molecule is FC(F)(F)C(=C(C(F)(F)F)C(F)(F)F)c1ccccc1. The van der Waals surface area contributed by atoms with E-state index in [-0.39, 0.29) is 0 Å². The Labute approximate surface area is 106 Å². The highest BCUT2D eigenvalue weighted by atomic mass is 19.4. The summed E-state index contributed by atoms with van der Waals surface area (Å²) in [6.45, 7) is 0. The fourth-order valence-electron chi connectivity index (χ4n) is 1.50. The van der Waals surface area contributed by atoms with Crippen LogP contribution in [0.2, 0.25) is 0 Å². The smallest absolute Gasteiger partial charge is 0.166 e. The average Bonchev–Trinajstić information content (AvgIpc) is 2.21. The van der Waals surface area contributed by atoms with E-state index in [1.165, 1.54) is 6.07 Å². The van der Waals surface area contributed by atoms with Crippen molar-refractivity contribution < 1.29 is 39.5 Å². The lowest BCUT2D eigenvalue weighted by Crippen LogP contribution is -2.31. The molecule has 20 heavy (non-hydrogen) atoms. The van der Waals surface area contributed by atoms with Crippen LogP contribution in [0.4, 0.5) is 39.5 Å². The van der Waals surface area contributed by atoms with Crippen LogP contribution in [0.1, 0.15) is 5.56 Å². The largest absolute Gasteiger partial charge is 0.421 e. The third-order valence-corrected chi connectivity index (χ3v) is 2.16. The molecule has 0 atom stereocenters. The van der Waals surface area contributed by atoms with Gasteiger partial charge in [-0.2, -0.15) is 39.5 Å². The standard InChI is InChI=1S/C11H5F9/c12-9(13,14)7(6-4-2-1-3-5-6)8(10(15,16)17)11(18,19)20/h1-5H. The lowest BCUT2D eigenvalue weighted by Gasteiger charge is -2.22. The maximum atomic E-state index is 12.7. The Morgan fingerprint density at radius 3 is 1.30 bits per heavy atom. The van der Waals surface area contributed by atoms with Crippen LogP contribution in [0.5, 0.6) is 0 Å². The fourth-order valence-corrected chi connectivity index (χ4v) is 1.50. The summed E-state index contributed by atoms with van der Waals surface area (Å²) in [7, 11) is 0. The van der Waals surface area contributed by atoms with Crippen molar-refractivity contribution in [1.29, 1.82) is 0 Å². The van der Waals surface area contributed by atoms with Gasteiger partial charge in [0.05, 0.1) is 5.57 Å². The summed E-state index contributed by atoms with van der Waals surface area (Å²) in [5.41, 5.74) is -7.52. The van der Waals surface area contributed by atoms with E-state index in [0.717, 1.165) is 12.1 Å². The maximum absolute atomic E-state index is 12.7. The summed E-state index contributed by atoms with van der Waals surface area (Å²) < 4.78 is 112. The minimum atomic E-state index is -6.18. The molecule has 1 rings (SSSR count). The van der Waals surface area contributed by atoms with Gasteiger partial charge in [0, 0.05) is 0 Å². The molecule has 0 aliphatic heterocycles. The van der Waals surface area contributed by atoms with Gasteiger partial charge in [-0.05, 0) is 5.56 Å². The predicted molar refractivity (Wildman–Crippen MR) is 51.5 cm³/mol. The lowest BCUT2D eigenvalue weighted by atomic mass is 9.98. The van der Waals surface area contributed by atoms with Gasteiger partial charge in [0.1, 0.15) is 5.57 Å². The van der Waals surface area contributed by atoms with Crippen LogP contribution >= 0.6 is 0 Å². The van der Waals surface area contributed by atoms with E-state index in [2.05, 4.69) is 0 Å². The van der Waals surface area contributed by atoms with Gasteiger partial charge in [-0.3, -0.25) is 0 Å². The zero-order chi connectivity index (χ0) is 15.8. The van der Waals surface area contributed by atoms with Crippen molar-refractivity contribution in [3.8, 4) is 0 Å². The third-order valence-electron chi connectivity index (χ3n) is 2.16. The van der Waals surface area contributed by atoms with Crippen molar-refractivity contribution in [3.05, 3.63) is 41.5 Å². The van der Waals surface area contributed by atoms with Crippen molar-refractivity contribution >= 4 is 5.57 Å². The van der Waals surface area contributed by atoms with Crippen molar-refractivity contribution in [2.75, 3.05) is 0 Å². The first-order valence-electron chi connectivity index (χ1n) is 4.86. The first-order valence-corrected chi connectivity index (χ1v) is 4.86. The fraction of sp³-hybridized carbons (Fsp3) is 0.273. The summed E-state index contributed by atoms with van der Waals surface area (Å²) in [4.78, 5) is 0. The highest BCUT2D eigenvalue weighted by molar-refractivity contribution is 5.74. The number of alkyl halides is 9. The number of rotatable bonds is 1. The monoisotopic (exact) mass is 308 g/mol. The van der Waals surface area contributed by atoms with Crippen LogP contribution < -0.4 is 0 Å². The number of allylic oxidation sites excluding steroid dienone is 2. The Kier molecular flexibility index (Phi) is 4.12. The summed E-state index contributed by atoms with van der Waals surface area (Å²) >= 11 is 0. The molecule has 0 heterocycles. The molecule has 1 aromatic rings. The van der Waals surface area contributed by atoms with Gasteiger partial charge in [0.15, 0.2) is 0 Å². The molecular formula is C11H5F9. The minimum Gasteiger partial charge on any atom is -0.166 e. The first-order chi connectivity index (χ1) is 8.85. The van der Waals surface area contributed by atoms with E-state index in [0.29, 0.717) is 12.1 Å². The summed E-state index contributed by atoms with van der Waals surface area (Å²) in [5.74, 6) is 0. The molecule has 0 saturated heterocycles. The Morgan fingerprint density at radius 2 is 1.00 bits per heavy atom. The topological polar surface area (TPSA) is 0 Å². The number of hydrogen-bond acceptors (Lipinski definition) is 0. The average molecular weight is 308 g/mol. The van der Waals surface area contributed by atoms with E-state index < -0.39 is 35.2 Å². The zero-order valence-corrected chi connectivity index (χ0v) is 9.29. The van der Waals surface area contributed by atoms with E-state index in [1.807, 2.05) is 0 Å². The summed E-state index contributed by atoms with van der Waals surface area (Å²) in [6.07, 6.45) is -18.2. The molecule has 9 heteroatoms. The molecule has 0 spiro atoms. The van der Waals surface area contributed by atoms with Gasteiger partial charge < -0.3 is 0 Å². The van der Waals surface area contributed by atoms with Gasteiger partial charge in [0.25, 0.3) is 0 Å². The molecule has 0 radical (unpaired) electrons. The normalized spacial score (nSPS) is 13.2. The molecule has 0 aliphatic rings. The molecule has 0 bridgehead atoms. The Morgan fingerprint density at radius 1 is 0.600 bits per heavy atom. The molecule has 112 valence electrons. The first kappa shape index (κ1) is 16.4. The van der Waals surface area contributed by atoms with Gasteiger partial charge in [-0.15, -0.1) is 0 Å². The molecule has 0 aromatic heterocycles. The molecular weight excluding hydrogens is 303 g/mol. The van der Waals surface area contributed by atoms with Crippen molar-refractivity contribution in [1.82, 2.24) is 0 Å². The molecule has 0 unspecified atom stereocenters. The maximum Gasteiger partial charge on any atom is 0.421 e. The molecule has 0 fully saturated rings. The van der Waals surface area contributed by atoms with Crippen molar-refractivity contribution in [2.24, 2.45) is 0 Å². The Balaban J connectivity index is 3.76. The number of hydrogen-bond donors (Lipinski definition) is 0. The van der Waals surface area contributed by atoms with Gasteiger partial charge in [0.2, 0.25) is 0 Å². The van der Waals surface area contributed by atoms with Crippen LogP contribution in [-0.2, 0) is 0 Å². The molecule has 0 nitrogen and oxygen atoms in total. The number of benzene rings is 1. The lowest BCUT2D eigenvalue weighted by molar-refractivity contribution is -0.175. The Bertz CT molecular complexity index is 471. The van der Waals surface area contributed by atoms with Gasteiger partial charge in [-0.25, -0.2) is 0 Å². The van der Waals surface area contributed by atoms with E-state index in [4.69, 9.17) is 0 Å². The summed E-state index contributed by atoms with van der Waals surface area (Å²) in [6, 6.07) is 4.04. The van der Waals surface area contributed by atoms with Crippen LogP contribution in [0.3, 0.4) is 0 Å². The Hall–Kier alpha value is -1.67. The van der Waals surface area contributed by atoms with Crippen LogP contribution in [0, 0.1) is 0 Å². The van der Waals surface area contributed by atoms with Crippen LogP contribution in [-0.4, -0.2) is 18.5 Å². The second kappa shape index (κ2) is 5.02. The van der Waals surface area contributed by atoms with Gasteiger partial charge >= 0.3 is 18.5 Å². The molecule has 0 aliphatic carbocycles. The van der Waals surface area contributed by atoms with Gasteiger partial charge in [-0.1, -0.05) is 30.3 Å². The predicted octanol–water partition coefficient (Wildman–Crippen LogP) is 5.13. The number of halogens is 9. The van der Waals surface area contributed by atoms with Crippen molar-refractivity contribution in [2.45, 2.75) is 18.5 Å². The van der Waals surface area contributed by atoms with Crippen molar-refractivity contribution in [3.63, 3.8) is 0 Å². The molecule has 1 aromatic carbocycles. The second-order valence-corrected chi connectivity index (χ2v) is 3.61. The summed E-state index contributed by atoms with van der Waals surface area (Å²) in [5, 5.41) is 0. The van der Waals surface area contributed by atoms with Crippen LogP contribution in [0.25, 0.3) is 5.57 Å². The molecule has 0 N–H and O–H groups in total.